The minimum atomic E-state index is -0.327. The molecule has 2 amide bonds. The van der Waals surface area contributed by atoms with Crippen molar-refractivity contribution in [1.29, 1.82) is 0 Å². The van der Waals surface area contributed by atoms with Crippen LogP contribution in [0.4, 0.5) is 27.5 Å². The molecule has 0 saturated carbocycles. The van der Waals surface area contributed by atoms with E-state index in [4.69, 9.17) is 4.74 Å². The zero-order valence-corrected chi connectivity index (χ0v) is 20.3. The van der Waals surface area contributed by atoms with Crippen LogP contribution in [0.1, 0.15) is 40.5 Å². The molecule has 7 heteroatoms. The summed E-state index contributed by atoms with van der Waals surface area (Å²) in [5.74, 6) is 1.38. The van der Waals surface area contributed by atoms with Crippen molar-refractivity contribution in [2.75, 3.05) is 54.0 Å². The van der Waals surface area contributed by atoms with Crippen LogP contribution in [0, 0.1) is 0 Å². The molecule has 2 aromatic rings. The lowest BCUT2D eigenvalue weighted by Crippen LogP contribution is -2.46. The molecule has 2 aliphatic heterocycles. The Kier molecular flexibility index (Phi) is 6.98. The molecule has 2 aliphatic rings. The fourth-order valence-electron chi connectivity index (χ4n) is 4.76. The summed E-state index contributed by atoms with van der Waals surface area (Å²) in [6.45, 7) is 13.2. The molecule has 33 heavy (non-hydrogen) atoms. The summed E-state index contributed by atoms with van der Waals surface area (Å²) in [5, 5.41) is 9.91. The Morgan fingerprint density at radius 2 is 1.33 bits per heavy atom. The second-order valence-corrected chi connectivity index (χ2v) is 8.59. The van der Waals surface area contributed by atoms with Gasteiger partial charge in [0.25, 0.3) is 0 Å². The molecule has 1 saturated heterocycles. The SMILES string of the molecule is CCN(CC)c1ccc2c(c1)Oc1cc(N(CC)CC)ccc1N2C(=O)N1CCC(O)CC1. The van der Waals surface area contributed by atoms with E-state index in [2.05, 4.69) is 49.6 Å². The number of piperidine rings is 1. The van der Waals surface area contributed by atoms with Crippen molar-refractivity contribution in [2.45, 2.75) is 46.6 Å². The van der Waals surface area contributed by atoms with E-state index in [9.17, 15) is 9.90 Å². The average Bonchev–Trinajstić information content (AvgIpc) is 2.84. The Balaban J connectivity index is 1.77. The van der Waals surface area contributed by atoms with Crippen LogP contribution in [0.5, 0.6) is 11.5 Å². The molecule has 0 radical (unpaired) electrons. The van der Waals surface area contributed by atoms with Crippen molar-refractivity contribution in [2.24, 2.45) is 0 Å². The molecule has 0 aliphatic carbocycles. The first-order chi connectivity index (χ1) is 16.0. The molecule has 7 nitrogen and oxygen atoms in total. The lowest BCUT2D eigenvalue weighted by molar-refractivity contribution is 0.0960. The highest BCUT2D eigenvalue weighted by Gasteiger charge is 2.34. The van der Waals surface area contributed by atoms with Gasteiger partial charge in [-0.15, -0.1) is 0 Å². The zero-order valence-electron chi connectivity index (χ0n) is 20.3. The number of carbonyl (C=O) groups is 1. The molecule has 1 fully saturated rings. The second-order valence-electron chi connectivity index (χ2n) is 8.59. The molecular weight excluding hydrogens is 416 g/mol. The number of likely N-dealkylation sites (tertiary alicyclic amines) is 1. The van der Waals surface area contributed by atoms with Crippen LogP contribution in [0.2, 0.25) is 0 Å². The van der Waals surface area contributed by atoms with E-state index < -0.39 is 0 Å². The van der Waals surface area contributed by atoms with Crippen molar-refractivity contribution < 1.29 is 14.6 Å². The number of hydrogen-bond acceptors (Lipinski definition) is 5. The molecule has 2 aromatic carbocycles. The van der Waals surface area contributed by atoms with Gasteiger partial charge in [0.1, 0.15) is 0 Å². The van der Waals surface area contributed by atoms with Crippen molar-refractivity contribution in [3.8, 4) is 11.5 Å². The van der Waals surface area contributed by atoms with Crippen LogP contribution in [-0.4, -0.2) is 61.4 Å². The van der Waals surface area contributed by atoms with Gasteiger partial charge in [0.2, 0.25) is 0 Å². The number of benzene rings is 2. The second kappa shape index (κ2) is 9.91. The lowest BCUT2D eigenvalue weighted by atomic mass is 10.1. The summed E-state index contributed by atoms with van der Waals surface area (Å²) in [6.07, 6.45) is 0.890. The van der Waals surface area contributed by atoms with Crippen LogP contribution in [0.15, 0.2) is 36.4 Å². The Labute approximate surface area is 197 Å². The lowest BCUT2D eigenvalue weighted by Gasteiger charge is -2.38. The summed E-state index contributed by atoms with van der Waals surface area (Å²) >= 11 is 0. The summed E-state index contributed by atoms with van der Waals surface area (Å²) in [7, 11) is 0. The number of rotatable bonds is 6. The first kappa shape index (κ1) is 23.2. The number of carbonyl (C=O) groups excluding carboxylic acids is 1. The van der Waals surface area contributed by atoms with Crippen molar-refractivity contribution in [3.05, 3.63) is 36.4 Å². The third-order valence-electron chi connectivity index (χ3n) is 6.77. The van der Waals surface area contributed by atoms with Gasteiger partial charge in [0.05, 0.1) is 17.5 Å². The molecule has 178 valence electrons. The number of aliphatic hydroxyl groups excluding tert-OH is 1. The van der Waals surface area contributed by atoms with Gasteiger partial charge in [0.15, 0.2) is 11.5 Å². The number of aliphatic hydroxyl groups is 1. The van der Waals surface area contributed by atoms with Crippen LogP contribution >= 0.6 is 0 Å². The normalized spacial score (nSPS) is 15.5. The first-order valence-corrected chi connectivity index (χ1v) is 12.2. The molecule has 4 rings (SSSR count). The Morgan fingerprint density at radius 1 is 0.879 bits per heavy atom. The Bertz CT molecular complexity index is 918. The topological polar surface area (TPSA) is 59.5 Å². The minimum Gasteiger partial charge on any atom is -0.453 e. The number of urea groups is 1. The predicted octanol–water partition coefficient (Wildman–Crippen LogP) is 5.20. The van der Waals surface area contributed by atoms with Crippen LogP contribution in [-0.2, 0) is 0 Å². The number of nitrogens with zero attached hydrogens (tertiary/aromatic N) is 4. The molecule has 0 unspecified atom stereocenters. The van der Waals surface area contributed by atoms with Gasteiger partial charge in [-0.3, -0.25) is 4.90 Å². The quantitative estimate of drug-likeness (QED) is 0.653. The predicted molar refractivity (Wildman–Crippen MR) is 134 cm³/mol. The van der Waals surface area contributed by atoms with Gasteiger partial charge in [0, 0.05) is 62.8 Å². The smallest absolute Gasteiger partial charge is 0.329 e. The minimum absolute atomic E-state index is 0.0705. The summed E-state index contributed by atoms with van der Waals surface area (Å²) in [4.78, 5) is 21.9. The van der Waals surface area contributed by atoms with Gasteiger partial charge >= 0.3 is 6.03 Å². The highest BCUT2D eigenvalue weighted by Crippen LogP contribution is 2.49. The number of ether oxygens (including phenoxy) is 1. The number of amides is 2. The highest BCUT2D eigenvalue weighted by molar-refractivity contribution is 6.04. The van der Waals surface area contributed by atoms with E-state index in [0.29, 0.717) is 37.4 Å². The largest absolute Gasteiger partial charge is 0.453 e. The van der Waals surface area contributed by atoms with E-state index in [0.717, 1.165) is 48.9 Å². The maximum absolute atomic E-state index is 13.7. The average molecular weight is 453 g/mol. The number of hydrogen-bond donors (Lipinski definition) is 1. The van der Waals surface area contributed by atoms with E-state index >= 15 is 0 Å². The monoisotopic (exact) mass is 452 g/mol. The van der Waals surface area contributed by atoms with E-state index in [-0.39, 0.29) is 12.1 Å². The van der Waals surface area contributed by atoms with Gasteiger partial charge in [-0.1, -0.05) is 0 Å². The highest BCUT2D eigenvalue weighted by atomic mass is 16.5. The molecule has 1 N–H and O–H groups in total. The maximum atomic E-state index is 13.7. The van der Waals surface area contributed by atoms with Gasteiger partial charge < -0.3 is 24.5 Å². The van der Waals surface area contributed by atoms with Crippen LogP contribution in [0.3, 0.4) is 0 Å². The number of anilines is 4. The molecule has 0 bridgehead atoms. The summed E-state index contributed by atoms with van der Waals surface area (Å²) in [6, 6.07) is 12.1. The fraction of sp³-hybridized carbons (Fsp3) is 0.500. The first-order valence-electron chi connectivity index (χ1n) is 12.2. The Hall–Kier alpha value is -2.93. The fourth-order valence-corrected chi connectivity index (χ4v) is 4.76. The van der Waals surface area contributed by atoms with Crippen LogP contribution < -0.4 is 19.4 Å². The van der Waals surface area contributed by atoms with Gasteiger partial charge in [-0.05, 0) is 64.8 Å². The molecule has 0 spiro atoms. The summed E-state index contributed by atoms with van der Waals surface area (Å²) in [5.41, 5.74) is 3.67. The van der Waals surface area contributed by atoms with Crippen molar-refractivity contribution >= 4 is 28.8 Å². The van der Waals surface area contributed by atoms with Gasteiger partial charge in [-0.25, -0.2) is 4.79 Å². The summed E-state index contributed by atoms with van der Waals surface area (Å²) < 4.78 is 6.42. The Morgan fingerprint density at radius 3 is 1.76 bits per heavy atom. The molecular formula is C26H36N4O3. The molecule has 2 heterocycles. The maximum Gasteiger partial charge on any atom is 0.329 e. The third-order valence-corrected chi connectivity index (χ3v) is 6.77. The van der Waals surface area contributed by atoms with E-state index in [1.807, 2.05) is 29.2 Å². The van der Waals surface area contributed by atoms with Crippen molar-refractivity contribution in [1.82, 2.24) is 4.90 Å². The number of fused-ring (bicyclic) bond motifs is 2. The zero-order chi connectivity index (χ0) is 23.5. The van der Waals surface area contributed by atoms with Crippen LogP contribution in [0.25, 0.3) is 0 Å². The third kappa shape index (κ3) is 4.47. The standard InChI is InChI=1S/C26H36N4O3/c1-5-27(6-2)19-9-11-22-24(17-19)33-25-18-20(28(7-3)8-4)10-12-23(25)30(22)26(32)29-15-13-21(31)14-16-29/h9-12,17-18,21,31H,5-8,13-16H2,1-4H3. The van der Waals surface area contributed by atoms with Crippen molar-refractivity contribution in [3.63, 3.8) is 0 Å². The van der Waals surface area contributed by atoms with Gasteiger partial charge in [-0.2, -0.15) is 0 Å². The van der Waals surface area contributed by atoms with E-state index in [1.54, 1.807) is 4.90 Å². The molecule has 0 atom stereocenters. The van der Waals surface area contributed by atoms with E-state index in [1.165, 1.54) is 0 Å². The molecule has 0 aromatic heterocycles.